The maximum absolute atomic E-state index is 5.85. The summed E-state index contributed by atoms with van der Waals surface area (Å²) >= 11 is 3.57. The molecule has 4 heterocycles. The van der Waals surface area contributed by atoms with Gasteiger partial charge in [-0.1, -0.05) is 249 Å². The normalized spacial score (nSPS) is 12.7. The van der Waals surface area contributed by atoms with Gasteiger partial charge in [-0.05, 0) is 91.2 Å². The lowest BCUT2D eigenvalue weighted by Crippen LogP contribution is -2.49. The van der Waals surface area contributed by atoms with E-state index in [-0.39, 0.29) is 0 Å². The molecule has 4 nitrogen and oxygen atoms in total. The molecule has 0 saturated heterocycles. The SMILES string of the molecule is CCCC(CCC)[Si](C#Cc1c2nc3cc4ccsc4cc3nc2c(C#C[Si](C(CCC)CCC)(C(CCC)CCC)C(CCC)CCC)c2nc3cc4ccsc4cc3nc12)(C(CCC)CCC)C(CCC)CCC. The van der Waals surface area contributed by atoms with Crippen LogP contribution in [0.3, 0.4) is 0 Å². The Bertz CT molecular complexity index is 2640. The van der Waals surface area contributed by atoms with Crippen molar-refractivity contribution in [3.05, 3.63) is 58.3 Å². The fourth-order valence-electron chi connectivity index (χ4n) is 15.1. The summed E-state index contributed by atoms with van der Waals surface area (Å²) < 4.78 is 2.48. The molecule has 8 heteroatoms. The lowest BCUT2D eigenvalue weighted by atomic mass is 10.0. The Morgan fingerprint density at radius 1 is 0.342 bits per heavy atom. The number of thiophene rings is 2. The van der Waals surface area contributed by atoms with Gasteiger partial charge in [-0.2, -0.15) is 0 Å². The van der Waals surface area contributed by atoms with Crippen LogP contribution >= 0.6 is 22.7 Å². The first kappa shape index (κ1) is 60.0. The summed E-state index contributed by atoms with van der Waals surface area (Å²) in [4.78, 5) is 23.4. The van der Waals surface area contributed by atoms with Gasteiger partial charge in [-0.3, -0.25) is 0 Å². The Labute approximate surface area is 471 Å². The molecule has 0 aliphatic heterocycles. The summed E-state index contributed by atoms with van der Waals surface area (Å²) in [5.41, 5.74) is 22.1. The number of aromatic nitrogens is 4. The Morgan fingerprint density at radius 3 is 0.789 bits per heavy atom. The highest BCUT2D eigenvalue weighted by Crippen LogP contribution is 2.55. The van der Waals surface area contributed by atoms with Gasteiger partial charge in [0.1, 0.15) is 38.2 Å². The Hall–Kier alpha value is -3.67. The van der Waals surface area contributed by atoms with Crippen molar-refractivity contribution in [2.75, 3.05) is 0 Å². The predicted octanol–water partition coefficient (Wildman–Crippen LogP) is 22.8. The number of benzene rings is 3. The maximum Gasteiger partial charge on any atom is 0.148 e. The van der Waals surface area contributed by atoms with Crippen LogP contribution in [0, 0.1) is 22.9 Å². The first-order valence-electron chi connectivity index (χ1n) is 31.3. The smallest absolute Gasteiger partial charge is 0.148 e. The van der Waals surface area contributed by atoms with Crippen molar-refractivity contribution in [2.45, 2.75) is 270 Å². The molecule has 0 radical (unpaired) electrons. The summed E-state index contributed by atoms with van der Waals surface area (Å²) in [5, 5.41) is 6.83. The zero-order valence-corrected chi connectivity index (χ0v) is 53.3. The molecule has 7 rings (SSSR count). The number of nitrogens with zero attached hydrogens (tertiary/aromatic N) is 4. The largest absolute Gasteiger partial charge is 0.243 e. The van der Waals surface area contributed by atoms with Crippen LogP contribution in [0.25, 0.3) is 64.3 Å². The number of hydrogen-bond donors (Lipinski definition) is 0. The van der Waals surface area contributed by atoms with E-state index in [0.29, 0.717) is 33.2 Å². The Balaban J connectivity index is 1.75. The van der Waals surface area contributed by atoms with Crippen molar-refractivity contribution in [3.8, 4) is 22.9 Å². The summed E-state index contributed by atoms with van der Waals surface area (Å²) in [6, 6.07) is 13.6. The van der Waals surface area contributed by atoms with Gasteiger partial charge in [0.25, 0.3) is 0 Å². The highest BCUT2D eigenvalue weighted by Gasteiger charge is 2.52. The van der Waals surface area contributed by atoms with Crippen molar-refractivity contribution >= 4 is 103 Å². The van der Waals surface area contributed by atoms with Gasteiger partial charge in [0.2, 0.25) is 0 Å². The molecule has 0 N–H and O–H groups in total. The third kappa shape index (κ3) is 12.5. The molecule has 4 aromatic heterocycles. The lowest BCUT2D eigenvalue weighted by molar-refractivity contribution is 0.532. The zero-order chi connectivity index (χ0) is 54.2. The van der Waals surface area contributed by atoms with Gasteiger partial charge in [-0.15, -0.1) is 33.8 Å². The summed E-state index contributed by atoms with van der Waals surface area (Å²) in [6.07, 6.45) is 29.6. The van der Waals surface area contributed by atoms with Crippen molar-refractivity contribution in [1.29, 1.82) is 0 Å². The van der Waals surface area contributed by atoms with E-state index >= 15 is 0 Å². The Morgan fingerprint density at radius 2 is 0.566 bits per heavy atom. The Kier molecular flexibility index (Phi) is 22.9. The monoisotopic (exact) mass is 1090 g/mol. The van der Waals surface area contributed by atoms with Gasteiger partial charge in [0, 0.05) is 9.40 Å². The molecule has 3 aromatic carbocycles. The molecule has 0 fully saturated rings. The van der Waals surface area contributed by atoms with Gasteiger partial charge in [0.15, 0.2) is 0 Å². The number of hydrogen-bond acceptors (Lipinski definition) is 6. The summed E-state index contributed by atoms with van der Waals surface area (Å²) in [6.45, 7) is 29.2. The quantitative estimate of drug-likeness (QED) is 0.0256. The highest BCUT2D eigenvalue weighted by molar-refractivity contribution is 7.17. The molecule has 410 valence electrons. The first-order chi connectivity index (χ1) is 37.1. The van der Waals surface area contributed by atoms with Crippen molar-refractivity contribution < 1.29 is 0 Å². The highest BCUT2D eigenvalue weighted by atomic mass is 32.1. The first-order valence-corrected chi connectivity index (χ1v) is 37.6. The van der Waals surface area contributed by atoms with Crippen LogP contribution < -0.4 is 0 Å². The minimum atomic E-state index is -2.45. The fraction of sp³-hybridized carbons (Fsp3) is 0.618. The molecule has 0 spiro atoms. The van der Waals surface area contributed by atoms with Gasteiger partial charge < -0.3 is 0 Å². The molecule has 0 aliphatic carbocycles. The molecule has 0 atom stereocenters. The second-order valence-electron chi connectivity index (χ2n) is 23.2. The van der Waals surface area contributed by atoms with E-state index in [4.69, 9.17) is 19.9 Å². The van der Waals surface area contributed by atoms with E-state index in [0.717, 1.165) is 55.3 Å². The average Bonchev–Trinajstić information content (AvgIpc) is 4.13. The molecule has 0 bridgehead atoms. The van der Waals surface area contributed by atoms with E-state index < -0.39 is 16.1 Å². The average molecular weight is 1090 g/mol. The van der Waals surface area contributed by atoms with Crippen LogP contribution in [0.4, 0.5) is 0 Å². The molecule has 7 aromatic rings. The summed E-state index contributed by atoms with van der Waals surface area (Å²) in [7, 11) is -4.89. The summed E-state index contributed by atoms with van der Waals surface area (Å²) in [5.74, 6) is 8.57. The van der Waals surface area contributed by atoms with Crippen molar-refractivity contribution in [3.63, 3.8) is 0 Å². The van der Waals surface area contributed by atoms with Gasteiger partial charge in [0.05, 0.1) is 33.2 Å². The van der Waals surface area contributed by atoms with Crippen LogP contribution in [-0.2, 0) is 0 Å². The molecule has 76 heavy (non-hydrogen) atoms. The van der Waals surface area contributed by atoms with E-state index in [1.54, 1.807) is 22.7 Å². The molecular weight excluding hydrogens is 993 g/mol. The predicted molar refractivity (Wildman–Crippen MR) is 345 cm³/mol. The van der Waals surface area contributed by atoms with Gasteiger partial charge in [-0.25, -0.2) is 19.9 Å². The van der Waals surface area contributed by atoms with E-state index in [2.05, 4.69) is 153 Å². The third-order valence-corrected chi connectivity index (χ3v) is 32.4. The van der Waals surface area contributed by atoms with E-state index in [9.17, 15) is 0 Å². The van der Waals surface area contributed by atoms with Crippen LogP contribution in [0.2, 0.25) is 33.2 Å². The molecule has 0 aliphatic rings. The molecule has 0 unspecified atom stereocenters. The second kappa shape index (κ2) is 29.0. The minimum absolute atomic E-state index is 0.636. The zero-order valence-electron chi connectivity index (χ0n) is 49.7. The van der Waals surface area contributed by atoms with Crippen LogP contribution in [-0.4, -0.2) is 36.1 Å². The van der Waals surface area contributed by atoms with Crippen LogP contribution in [0.1, 0.15) is 248 Å². The number of fused-ring (bicyclic) bond motifs is 6. The topological polar surface area (TPSA) is 51.6 Å². The maximum atomic E-state index is 5.85. The third-order valence-electron chi connectivity index (χ3n) is 17.9. The minimum Gasteiger partial charge on any atom is -0.243 e. The lowest BCUT2D eigenvalue weighted by Gasteiger charge is -2.47. The second-order valence-corrected chi connectivity index (χ2v) is 34.2. The molecule has 0 amide bonds. The van der Waals surface area contributed by atoms with E-state index in [1.165, 1.54) is 174 Å². The van der Waals surface area contributed by atoms with Crippen LogP contribution in [0.5, 0.6) is 0 Å². The van der Waals surface area contributed by atoms with E-state index in [1.807, 2.05) is 0 Å². The van der Waals surface area contributed by atoms with Crippen molar-refractivity contribution in [2.24, 2.45) is 0 Å². The van der Waals surface area contributed by atoms with Crippen molar-refractivity contribution in [1.82, 2.24) is 19.9 Å². The molecule has 0 saturated carbocycles. The molecular formula is C68H98N4S2Si2. The van der Waals surface area contributed by atoms with Crippen LogP contribution in [0.15, 0.2) is 47.2 Å². The standard InChI is InChI=1S/C68H98N4S2Si2/c1-13-25-51(26-14-2)75(52(27-15-3)28-16-4,53(29-17-5)30-18-6)43-39-57-65-68(72-62-48-64-49(37-41-74-64)45-59(62)69-65)58(66-67(57)71-61-47-63-50(38-42-73-63)46-60(61)70-66)40-44-76(54(31-19-7)32-20-8,55(33-21-9)34-22-10)56(35-23-11)36-24-12/h37-38,41-42,45-48,51-56H,13-36H2,1-12H3. The fourth-order valence-corrected chi connectivity index (χ4v) is 31.8. The number of rotatable bonds is 30. The van der Waals surface area contributed by atoms with Gasteiger partial charge >= 0.3 is 0 Å².